The highest BCUT2D eigenvalue weighted by molar-refractivity contribution is 5.81. The summed E-state index contributed by atoms with van der Waals surface area (Å²) in [5.41, 5.74) is 12.8. The summed E-state index contributed by atoms with van der Waals surface area (Å²) < 4.78 is 0. The molecule has 2 nitrogen and oxygen atoms in total. The van der Waals surface area contributed by atoms with E-state index < -0.39 is 0 Å². The zero-order chi connectivity index (χ0) is 35.4. The van der Waals surface area contributed by atoms with Crippen LogP contribution >= 0.6 is 0 Å². The molecule has 0 unspecified atom stereocenters. The second kappa shape index (κ2) is 16.8. The molecule has 7 rings (SSSR count). The van der Waals surface area contributed by atoms with Crippen LogP contribution in [0.25, 0.3) is 27.8 Å². The Morgan fingerprint density at radius 3 is 1.31 bits per heavy atom. The van der Waals surface area contributed by atoms with Crippen LogP contribution in [0.15, 0.2) is 225 Å². The van der Waals surface area contributed by atoms with Crippen LogP contribution in [-0.4, -0.2) is 6.54 Å². The predicted molar refractivity (Wildman–Crippen MR) is 224 cm³/mol. The van der Waals surface area contributed by atoms with E-state index in [4.69, 9.17) is 0 Å². The van der Waals surface area contributed by atoms with E-state index in [9.17, 15) is 0 Å². The molecule has 0 spiro atoms. The van der Waals surface area contributed by atoms with Crippen LogP contribution in [0.2, 0.25) is 0 Å². The van der Waals surface area contributed by atoms with E-state index in [0.717, 1.165) is 46.1 Å². The van der Waals surface area contributed by atoms with Gasteiger partial charge in [0.05, 0.1) is 0 Å². The maximum absolute atomic E-state index is 2.34. The highest BCUT2D eigenvalue weighted by Crippen LogP contribution is 2.36. The Kier molecular flexibility index (Phi) is 11.0. The van der Waals surface area contributed by atoms with E-state index in [2.05, 4.69) is 241 Å². The first-order valence-corrected chi connectivity index (χ1v) is 17.9. The first kappa shape index (κ1) is 33.8. The molecule has 252 valence electrons. The molecule has 0 atom stereocenters. The number of hydrogen-bond donors (Lipinski definition) is 0. The number of nitrogens with zero attached hydrogens (tertiary/aromatic N) is 2. The van der Waals surface area contributed by atoms with E-state index >= 15 is 0 Å². The Bertz CT molecular complexity index is 2220. The summed E-state index contributed by atoms with van der Waals surface area (Å²) in [6.07, 6.45) is 10.9. The molecule has 0 radical (unpaired) electrons. The fraction of sp³-hybridized carbons (Fsp3) is 0.0400. The third-order valence-electron chi connectivity index (χ3n) is 9.11. The Hall–Kier alpha value is -6.64. The largest absolute Gasteiger partial charge is 0.338 e. The first-order chi connectivity index (χ1) is 25.8. The molecule has 0 bridgehead atoms. The van der Waals surface area contributed by atoms with Crippen molar-refractivity contribution in [1.82, 2.24) is 0 Å². The molecule has 0 aliphatic rings. The molecular formula is C50H42N2. The number of hydrogen-bond acceptors (Lipinski definition) is 2. The average Bonchev–Trinajstić information content (AvgIpc) is 3.23. The van der Waals surface area contributed by atoms with Gasteiger partial charge in [0.2, 0.25) is 0 Å². The van der Waals surface area contributed by atoms with Crippen molar-refractivity contribution in [3.8, 4) is 22.3 Å². The summed E-state index contributed by atoms with van der Waals surface area (Å²) in [6, 6.07) is 68.7. The smallest absolute Gasteiger partial charge is 0.0462 e. The molecule has 0 aromatic heterocycles. The molecule has 0 heterocycles. The van der Waals surface area contributed by atoms with E-state index in [1.165, 1.54) is 22.3 Å². The molecule has 0 fully saturated rings. The Morgan fingerprint density at radius 1 is 0.423 bits per heavy atom. The lowest BCUT2D eigenvalue weighted by atomic mass is 10.0. The molecular weight excluding hydrogens is 629 g/mol. The molecule has 0 saturated carbocycles. The minimum Gasteiger partial charge on any atom is -0.338 e. The van der Waals surface area contributed by atoms with Crippen LogP contribution in [0.4, 0.5) is 28.4 Å². The molecule has 7 aromatic rings. The summed E-state index contributed by atoms with van der Waals surface area (Å²) in [5.74, 6) is 0. The van der Waals surface area contributed by atoms with Gasteiger partial charge in [0.25, 0.3) is 0 Å². The summed E-state index contributed by atoms with van der Waals surface area (Å²) in [7, 11) is 0. The lowest BCUT2D eigenvalue weighted by Crippen LogP contribution is -2.16. The molecule has 0 saturated heterocycles. The van der Waals surface area contributed by atoms with Gasteiger partial charge in [-0.2, -0.15) is 0 Å². The quantitative estimate of drug-likeness (QED) is 0.119. The van der Waals surface area contributed by atoms with Gasteiger partial charge in [-0.25, -0.2) is 0 Å². The van der Waals surface area contributed by atoms with Crippen molar-refractivity contribution in [2.75, 3.05) is 16.3 Å². The first-order valence-electron chi connectivity index (χ1n) is 17.9. The van der Waals surface area contributed by atoms with E-state index in [-0.39, 0.29) is 0 Å². The van der Waals surface area contributed by atoms with Gasteiger partial charge >= 0.3 is 0 Å². The molecule has 0 N–H and O–H groups in total. The van der Waals surface area contributed by atoms with Crippen LogP contribution in [-0.2, 0) is 0 Å². The van der Waals surface area contributed by atoms with Crippen LogP contribution in [0.5, 0.6) is 0 Å². The number of anilines is 5. The molecule has 0 aliphatic heterocycles. The van der Waals surface area contributed by atoms with Crippen LogP contribution in [0, 0.1) is 0 Å². The van der Waals surface area contributed by atoms with E-state index in [1.807, 2.05) is 0 Å². The van der Waals surface area contributed by atoms with E-state index in [1.54, 1.807) is 0 Å². The van der Waals surface area contributed by atoms with Gasteiger partial charge in [-0.15, -0.1) is 0 Å². The SMILES string of the molecule is C/C=C\C(=C/C=CCN(c1ccccc1)c1ccc(-c2ccccc2)cc1)c1ccc(N(c2ccccc2)c2ccc(-c3ccccc3)cc2)cc1. The highest BCUT2D eigenvalue weighted by atomic mass is 15.1. The van der Waals surface area contributed by atoms with Gasteiger partial charge in [-0.1, -0.05) is 164 Å². The lowest BCUT2D eigenvalue weighted by Gasteiger charge is -2.26. The monoisotopic (exact) mass is 670 g/mol. The minimum atomic E-state index is 0.738. The van der Waals surface area contributed by atoms with Crippen molar-refractivity contribution >= 4 is 34.0 Å². The van der Waals surface area contributed by atoms with Gasteiger partial charge in [0.1, 0.15) is 0 Å². The molecule has 7 aromatic carbocycles. The van der Waals surface area contributed by atoms with Gasteiger partial charge < -0.3 is 9.80 Å². The van der Waals surface area contributed by atoms with Crippen LogP contribution < -0.4 is 9.80 Å². The van der Waals surface area contributed by atoms with Crippen molar-refractivity contribution in [3.63, 3.8) is 0 Å². The second-order valence-corrected chi connectivity index (χ2v) is 12.5. The topological polar surface area (TPSA) is 6.48 Å². The maximum Gasteiger partial charge on any atom is 0.0462 e. The summed E-state index contributed by atoms with van der Waals surface area (Å²) in [5, 5.41) is 0. The fourth-order valence-corrected chi connectivity index (χ4v) is 6.46. The average molecular weight is 671 g/mol. The minimum absolute atomic E-state index is 0.738. The van der Waals surface area contributed by atoms with Crippen molar-refractivity contribution in [1.29, 1.82) is 0 Å². The summed E-state index contributed by atoms with van der Waals surface area (Å²) in [4.78, 5) is 4.65. The summed E-state index contributed by atoms with van der Waals surface area (Å²) >= 11 is 0. The zero-order valence-corrected chi connectivity index (χ0v) is 29.5. The predicted octanol–water partition coefficient (Wildman–Crippen LogP) is 13.8. The number of para-hydroxylation sites is 2. The number of allylic oxidation sites excluding steroid dienone is 5. The molecule has 0 amide bonds. The second-order valence-electron chi connectivity index (χ2n) is 12.5. The summed E-state index contributed by atoms with van der Waals surface area (Å²) in [6.45, 7) is 2.81. The normalized spacial score (nSPS) is 11.6. The van der Waals surface area contributed by atoms with Gasteiger partial charge in [-0.3, -0.25) is 0 Å². The van der Waals surface area contributed by atoms with Crippen molar-refractivity contribution in [2.24, 2.45) is 0 Å². The van der Waals surface area contributed by atoms with Crippen molar-refractivity contribution in [3.05, 3.63) is 230 Å². The van der Waals surface area contributed by atoms with E-state index in [0.29, 0.717) is 0 Å². The zero-order valence-electron chi connectivity index (χ0n) is 29.5. The Labute approximate surface area is 308 Å². The third-order valence-corrected chi connectivity index (χ3v) is 9.11. The maximum atomic E-state index is 2.34. The van der Waals surface area contributed by atoms with Crippen molar-refractivity contribution in [2.45, 2.75) is 6.92 Å². The van der Waals surface area contributed by atoms with Crippen LogP contribution in [0.1, 0.15) is 12.5 Å². The van der Waals surface area contributed by atoms with Crippen LogP contribution in [0.3, 0.4) is 0 Å². The lowest BCUT2D eigenvalue weighted by molar-refractivity contribution is 1.10. The molecule has 2 heteroatoms. The Morgan fingerprint density at radius 2 is 0.808 bits per heavy atom. The number of benzene rings is 7. The van der Waals surface area contributed by atoms with Gasteiger partial charge in [0.15, 0.2) is 0 Å². The molecule has 52 heavy (non-hydrogen) atoms. The highest BCUT2D eigenvalue weighted by Gasteiger charge is 2.13. The van der Waals surface area contributed by atoms with Gasteiger partial charge in [0, 0.05) is 35.0 Å². The fourth-order valence-electron chi connectivity index (χ4n) is 6.46. The molecule has 0 aliphatic carbocycles. The van der Waals surface area contributed by atoms with Gasteiger partial charge in [-0.05, 0) is 101 Å². The van der Waals surface area contributed by atoms with Crippen molar-refractivity contribution < 1.29 is 0 Å². The third kappa shape index (κ3) is 8.21. The number of rotatable bonds is 12. The standard InChI is InChI=1S/C50H42N2/c1-2-17-40(22-15-16-39-51(46-23-11-5-12-24-46)47-33-27-44(28-34-47)41-18-7-3-8-19-41)43-29-35-49(36-30-43)52(48-25-13-6-14-26-48)50-37-31-45(32-38-50)42-20-9-4-10-21-42/h2-38H,39H2,1H3/b16-15?,17-2-,40-22+. The Balaban J connectivity index is 1.12.